The number of rotatable bonds is 5. The number of amides is 2. The van der Waals surface area contributed by atoms with Crippen LogP contribution in [0.15, 0.2) is 0 Å². The average molecular weight is 316 g/mol. The van der Waals surface area contributed by atoms with Crippen molar-refractivity contribution >= 4 is 21.7 Å². The first kappa shape index (κ1) is 16.3. The highest BCUT2D eigenvalue weighted by molar-refractivity contribution is 7.92. The Morgan fingerprint density at radius 3 is 2.33 bits per heavy atom. The molecule has 2 fully saturated rings. The Hall–Kier alpha value is -1.11. The summed E-state index contributed by atoms with van der Waals surface area (Å²) in [6.07, 6.45) is 1.83. The van der Waals surface area contributed by atoms with Crippen molar-refractivity contribution in [2.24, 2.45) is 5.92 Å². The minimum absolute atomic E-state index is 0.0943. The molecule has 0 aromatic carbocycles. The number of nitrogens with zero attached hydrogens (tertiary/aromatic N) is 1. The van der Waals surface area contributed by atoms with Gasteiger partial charge in [0.15, 0.2) is 9.84 Å². The van der Waals surface area contributed by atoms with Gasteiger partial charge in [0, 0.05) is 6.54 Å². The maximum absolute atomic E-state index is 12.5. The molecule has 21 heavy (non-hydrogen) atoms. The second-order valence-corrected chi connectivity index (χ2v) is 9.49. The van der Waals surface area contributed by atoms with Gasteiger partial charge in [0.2, 0.25) is 11.8 Å². The molecular weight excluding hydrogens is 292 g/mol. The van der Waals surface area contributed by atoms with Gasteiger partial charge < -0.3 is 10.2 Å². The molecule has 1 saturated heterocycles. The quantitative estimate of drug-likeness (QED) is 0.792. The molecule has 0 spiro atoms. The third-order valence-electron chi connectivity index (χ3n) is 4.24. The van der Waals surface area contributed by atoms with Crippen LogP contribution in [0.2, 0.25) is 0 Å². The molecule has 1 atom stereocenters. The highest BCUT2D eigenvalue weighted by Gasteiger charge is 2.50. The van der Waals surface area contributed by atoms with Crippen molar-refractivity contribution in [3.63, 3.8) is 0 Å². The Balaban J connectivity index is 2.19. The molecule has 0 radical (unpaired) electrons. The predicted molar refractivity (Wildman–Crippen MR) is 79.4 cm³/mol. The normalized spacial score (nSPS) is 26.1. The summed E-state index contributed by atoms with van der Waals surface area (Å²) < 4.78 is 24.0. The van der Waals surface area contributed by atoms with Gasteiger partial charge in [-0.3, -0.25) is 9.59 Å². The second-order valence-electron chi connectivity index (χ2n) is 6.81. The minimum Gasteiger partial charge on any atom is -0.340 e. The van der Waals surface area contributed by atoms with Gasteiger partial charge in [0.25, 0.3) is 0 Å². The van der Waals surface area contributed by atoms with Crippen molar-refractivity contribution in [3.8, 4) is 0 Å². The van der Waals surface area contributed by atoms with Gasteiger partial charge in [-0.05, 0) is 46.5 Å². The van der Waals surface area contributed by atoms with Gasteiger partial charge in [-0.15, -0.1) is 0 Å². The molecule has 1 saturated carbocycles. The highest BCUT2D eigenvalue weighted by atomic mass is 32.2. The van der Waals surface area contributed by atoms with Gasteiger partial charge >= 0.3 is 0 Å². The fourth-order valence-electron chi connectivity index (χ4n) is 2.64. The molecule has 2 rings (SSSR count). The standard InChI is InChI=1S/C14H24N2O4S/c1-9(2)21(19,20)8-7-16-11(10-5-6-10)12(17)15-14(3,4)13(16)18/h9-11H,5-8H2,1-4H3,(H,15,17). The Morgan fingerprint density at radius 2 is 1.86 bits per heavy atom. The van der Waals surface area contributed by atoms with Crippen LogP contribution in [0.4, 0.5) is 0 Å². The summed E-state index contributed by atoms with van der Waals surface area (Å²) in [5.41, 5.74) is -0.968. The lowest BCUT2D eigenvalue weighted by Crippen LogP contribution is -2.69. The molecule has 2 amide bonds. The van der Waals surface area contributed by atoms with Crippen LogP contribution in [-0.4, -0.2) is 54.3 Å². The minimum atomic E-state index is -3.23. The van der Waals surface area contributed by atoms with Crippen LogP contribution in [0.1, 0.15) is 40.5 Å². The number of sulfone groups is 1. The van der Waals surface area contributed by atoms with Crippen LogP contribution in [0.3, 0.4) is 0 Å². The summed E-state index contributed by atoms with van der Waals surface area (Å²) in [6.45, 7) is 6.66. The van der Waals surface area contributed by atoms with Gasteiger partial charge in [-0.2, -0.15) is 0 Å². The Labute approximate surface area is 126 Å². The molecule has 1 aliphatic heterocycles. The second kappa shape index (κ2) is 5.26. The number of nitrogens with one attached hydrogen (secondary N) is 1. The summed E-state index contributed by atoms with van der Waals surface area (Å²) in [7, 11) is -3.23. The molecule has 1 unspecified atom stereocenters. The van der Waals surface area contributed by atoms with E-state index in [4.69, 9.17) is 0 Å². The summed E-state index contributed by atoms with van der Waals surface area (Å²) in [5, 5.41) is 2.27. The van der Waals surface area contributed by atoms with E-state index in [9.17, 15) is 18.0 Å². The molecule has 6 nitrogen and oxygen atoms in total. The molecule has 0 aromatic heterocycles. The van der Waals surface area contributed by atoms with E-state index >= 15 is 0 Å². The summed E-state index contributed by atoms with van der Waals surface area (Å²) >= 11 is 0. The SMILES string of the molecule is CC(C)S(=O)(=O)CCN1C(=O)C(C)(C)NC(=O)C1C1CC1. The van der Waals surface area contributed by atoms with Crippen LogP contribution in [0.25, 0.3) is 0 Å². The van der Waals surface area contributed by atoms with Crippen molar-refractivity contribution in [2.45, 2.75) is 57.4 Å². The lowest BCUT2D eigenvalue weighted by molar-refractivity contribution is -0.154. The highest BCUT2D eigenvalue weighted by Crippen LogP contribution is 2.38. The van der Waals surface area contributed by atoms with Crippen LogP contribution in [-0.2, 0) is 19.4 Å². The van der Waals surface area contributed by atoms with E-state index in [1.807, 2.05) is 0 Å². The Kier molecular flexibility index (Phi) is 4.08. The van der Waals surface area contributed by atoms with Gasteiger partial charge in [-0.25, -0.2) is 8.42 Å². The average Bonchev–Trinajstić information content (AvgIpc) is 3.15. The molecular formula is C14H24N2O4S. The maximum Gasteiger partial charge on any atom is 0.248 e. The van der Waals surface area contributed by atoms with Crippen LogP contribution in [0, 0.1) is 5.92 Å². The summed E-state index contributed by atoms with van der Waals surface area (Å²) in [5.74, 6) is -0.281. The third kappa shape index (κ3) is 3.22. The smallest absolute Gasteiger partial charge is 0.248 e. The zero-order valence-electron chi connectivity index (χ0n) is 13.0. The van der Waals surface area contributed by atoms with Crippen molar-refractivity contribution in [3.05, 3.63) is 0 Å². The number of carbonyl (C=O) groups excluding carboxylic acids is 2. The van der Waals surface area contributed by atoms with Crippen molar-refractivity contribution in [1.82, 2.24) is 10.2 Å². The number of hydrogen-bond acceptors (Lipinski definition) is 4. The van der Waals surface area contributed by atoms with E-state index in [1.54, 1.807) is 27.7 Å². The van der Waals surface area contributed by atoms with E-state index in [-0.39, 0.29) is 30.0 Å². The van der Waals surface area contributed by atoms with Crippen LogP contribution in [0.5, 0.6) is 0 Å². The third-order valence-corrected chi connectivity index (χ3v) is 6.43. The monoisotopic (exact) mass is 316 g/mol. The molecule has 0 bridgehead atoms. The van der Waals surface area contributed by atoms with E-state index in [2.05, 4.69) is 5.32 Å². The fourth-order valence-corrected chi connectivity index (χ4v) is 3.57. The molecule has 7 heteroatoms. The molecule has 2 aliphatic rings. The Morgan fingerprint density at radius 1 is 1.29 bits per heavy atom. The van der Waals surface area contributed by atoms with Crippen LogP contribution >= 0.6 is 0 Å². The topological polar surface area (TPSA) is 83.6 Å². The number of carbonyl (C=O) groups is 2. The zero-order valence-corrected chi connectivity index (χ0v) is 13.9. The summed E-state index contributed by atoms with van der Waals surface area (Å²) in [4.78, 5) is 26.3. The van der Waals surface area contributed by atoms with Gasteiger partial charge in [0.05, 0.1) is 11.0 Å². The molecule has 1 aliphatic carbocycles. The maximum atomic E-state index is 12.5. The number of hydrogen-bond donors (Lipinski definition) is 1. The van der Waals surface area contributed by atoms with Gasteiger partial charge in [0.1, 0.15) is 11.6 Å². The predicted octanol–water partition coefficient (Wildman–Crippen LogP) is 0.325. The number of piperazine rings is 1. The van der Waals surface area contributed by atoms with Gasteiger partial charge in [-0.1, -0.05) is 0 Å². The van der Waals surface area contributed by atoms with E-state index in [1.165, 1.54) is 4.90 Å². The Bertz CT molecular complexity index is 549. The van der Waals surface area contributed by atoms with Crippen molar-refractivity contribution < 1.29 is 18.0 Å². The van der Waals surface area contributed by atoms with E-state index < -0.39 is 26.7 Å². The lowest BCUT2D eigenvalue weighted by Gasteiger charge is -2.43. The zero-order chi connectivity index (χ0) is 16.0. The molecule has 1 heterocycles. The molecule has 0 aromatic rings. The van der Waals surface area contributed by atoms with E-state index in [0.717, 1.165) is 12.8 Å². The first-order valence-corrected chi connectivity index (χ1v) is 9.12. The first-order chi connectivity index (χ1) is 9.56. The largest absolute Gasteiger partial charge is 0.340 e. The molecule has 1 N–H and O–H groups in total. The van der Waals surface area contributed by atoms with Crippen LogP contribution < -0.4 is 5.32 Å². The molecule has 120 valence electrons. The first-order valence-electron chi connectivity index (χ1n) is 7.41. The van der Waals surface area contributed by atoms with E-state index in [0.29, 0.717) is 0 Å². The van der Waals surface area contributed by atoms with Crippen molar-refractivity contribution in [2.75, 3.05) is 12.3 Å². The summed E-state index contributed by atoms with van der Waals surface area (Å²) in [6, 6.07) is -0.507. The lowest BCUT2D eigenvalue weighted by atomic mass is 9.95. The van der Waals surface area contributed by atoms with Crippen molar-refractivity contribution in [1.29, 1.82) is 0 Å². The fraction of sp³-hybridized carbons (Fsp3) is 0.857.